The van der Waals surface area contributed by atoms with E-state index in [1.807, 2.05) is 6.92 Å². The monoisotopic (exact) mass is 238 g/mol. The minimum absolute atomic E-state index is 0.00517. The molecule has 1 N–H and O–H groups in total. The molecular formula is C9H10N4O2S. The number of fused-ring (bicyclic) bond motifs is 1. The van der Waals surface area contributed by atoms with Crippen LogP contribution in [-0.2, 0) is 0 Å². The van der Waals surface area contributed by atoms with E-state index in [-0.39, 0.29) is 16.3 Å². The first kappa shape index (κ1) is 9.59. The third-order valence-corrected chi connectivity index (χ3v) is 3.59. The lowest BCUT2D eigenvalue weighted by molar-refractivity contribution is -0.389. The molecule has 0 aliphatic heterocycles. The number of hydrogen-bond donors (Lipinski definition) is 1. The largest absolute Gasteiger partial charge is 0.372 e. The summed E-state index contributed by atoms with van der Waals surface area (Å²) < 4.78 is 1.51. The van der Waals surface area contributed by atoms with Crippen molar-refractivity contribution in [3.63, 3.8) is 0 Å². The zero-order valence-electron chi connectivity index (χ0n) is 8.64. The van der Waals surface area contributed by atoms with Crippen LogP contribution < -0.4 is 5.32 Å². The van der Waals surface area contributed by atoms with Crippen molar-refractivity contribution < 1.29 is 4.92 Å². The number of rotatable bonds is 3. The highest BCUT2D eigenvalue weighted by atomic mass is 32.1. The summed E-state index contributed by atoms with van der Waals surface area (Å²) in [5, 5.41) is 16.0. The summed E-state index contributed by atoms with van der Waals surface area (Å²) >= 11 is 1.39. The van der Waals surface area contributed by atoms with Gasteiger partial charge >= 0.3 is 5.82 Å². The summed E-state index contributed by atoms with van der Waals surface area (Å²) in [6.45, 7) is 2.05. The average Bonchev–Trinajstić information content (AvgIpc) is 2.62. The molecule has 2 heterocycles. The number of hydrogen-bond acceptors (Lipinski definition) is 5. The molecule has 1 saturated carbocycles. The second-order valence-electron chi connectivity index (χ2n) is 4.28. The molecular weight excluding hydrogens is 228 g/mol. The van der Waals surface area contributed by atoms with Gasteiger partial charge in [0.1, 0.15) is 6.20 Å². The van der Waals surface area contributed by atoms with Gasteiger partial charge in [0, 0.05) is 10.9 Å². The van der Waals surface area contributed by atoms with Crippen LogP contribution in [0.4, 0.5) is 11.6 Å². The third kappa shape index (κ3) is 1.35. The summed E-state index contributed by atoms with van der Waals surface area (Å²) in [4.78, 5) is 15.5. The normalized spacial score (nSPS) is 17.6. The lowest BCUT2D eigenvalue weighted by atomic mass is 10.3. The maximum atomic E-state index is 11.0. The first-order valence-electron chi connectivity index (χ1n) is 4.97. The molecule has 0 amide bonds. The number of imidazole rings is 1. The minimum Gasteiger partial charge on any atom is -0.358 e. The Bertz CT molecular complexity index is 569. The van der Waals surface area contributed by atoms with Gasteiger partial charge in [0.2, 0.25) is 5.82 Å². The molecule has 0 saturated heterocycles. The maximum absolute atomic E-state index is 11.0. The summed E-state index contributed by atoms with van der Waals surface area (Å²) in [6, 6.07) is 0. The molecule has 0 aromatic carbocycles. The van der Waals surface area contributed by atoms with Crippen LogP contribution in [0.25, 0.3) is 4.96 Å². The van der Waals surface area contributed by atoms with Crippen LogP contribution in [0.1, 0.15) is 19.8 Å². The van der Waals surface area contributed by atoms with Crippen molar-refractivity contribution >= 4 is 27.9 Å². The Hall–Kier alpha value is -1.63. The van der Waals surface area contributed by atoms with E-state index in [9.17, 15) is 10.1 Å². The molecule has 0 unspecified atom stereocenters. The molecule has 0 bridgehead atoms. The van der Waals surface area contributed by atoms with Gasteiger partial charge < -0.3 is 15.4 Å². The van der Waals surface area contributed by atoms with Gasteiger partial charge in [0.05, 0.1) is 0 Å². The summed E-state index contributed by atoms with van der Waals surface area (Å²) in [6.07, 6.45) is 3.75. The summed E-state index contributed by atoms with van der Waals surface area (Å²) in [7, 11) is 0. The van der Waals surface area contributed by atoms with E-state index >= 15 is 0 Å². The molecule has 2 aromatic heterocycles. The number of thiazole rings is 1. The van der Waals surface area contributed by atoms with E-state index in [0.717, 1.165) is 12.8 Å². The first-order chi connectivity index (χ1) is 7.59. The fourth-order valence-electron chi connectivity index (χ4n) is 1.63. The van der Waals surface area contributed by atoms with Gasteiger partial charge in [-0.1, -0.05) is 11.3 Å². The van der Waals surface area contributed by atoms with Crippen LogP contribution in [0.3, 0.4) is 0 Å². The van der Waals surface area contributed by atoms with Gasteiger partial charge in [0.15, 0.2) is 0 Å². The van der Waals surface area contributed by atoms with Crippen LogP contribution in [0.15, 0.2) is 11.6 Å². The van der Waals surface area contributed by atoms with Crippen molar-refractivity contribution in [3.05, 3.63) is 21.7 Å². The van der Waals surface area contributed by atoms with Crippen molar-refractivity contribution in [2.24, 2.45) is 0 Å². The molecule has 0 spiro atoms. The maximum Gasteiger partial charge on any atom is 0.372 e. The summed E-state index contributed by atoms with van der Waals surface area (Å²) in [5.41, 5.74) is -0.00517. The molecule has 7 heteroatoms. The minimum atomic E-state index is -0.388. The zero-order chi connectivity index (χ0) is 11.3. The van der Waals surface area contributed by atoms with Crippen LogP contribution in [-0.4, -0.2) is 19.8 Å². The van der Waals surface area contributed by atoms with Gasteiger partial charge in [0.25, 0.3) is 4.96 Å². The van der Waals surface area contributed by atoms with Crippen LogP contribution in [0.2, 0.25) is 0 Å². The molecule has 84 valence electrons. The number of nitrogens with zero attached hydrogens (tertiary/aromatic N) is 3. The SMILES string of the molecule is CC1(Nc2nc3sccn3c2[N+](=O)[O-])CC1. The van der Waals surface area contributed by atoms with Crippen molar-refractivity contribution in [2.45, 2.75) is 25.3 Å². The summed E-state index contributed by atoms with van der Waals surface area (Å²) in [5.74, 6) is 0.418. The fraction of sp³-hybridized carbons (Fsp3) is 0.444. The Morgan fingerprint density at radius 3 is 3.06 bits per heavy atom. The average molecular weight is 238 g/mol. The van der Waals surface area contributed by atoms with Crippen LogP contribution >= 0.6 is 11.3 Å². The molecule has 1 aliphatic rings. The second kappa shape index (κ2) is 2.94. The number of nitrogens with one attached hydrogen (secondary N) is 1. The van der Waals surface area contributed by atoms with E-state index in [2.05, 4.69) is 10.3 Å². The van der Waals surface area contributed by atoms with Crippen molar-refractivity contribution in [2.75, 3.05) is 5.32 Å². The van der Waals surface area contributed by atoms with Gasteiger partial charge in [-0.3, -0.25) is 0 Å². The standard InChI is InChI=1S/C9H10N4O2S/c1-9(2-3-9)11-6-7(13(14)15)12-4-5-16-8(12)10-6/h4-5,11H,2-3H2,1H3. The topological polar surface area (TPSA) is 72.5 Å². The van der Waals surface area contributed by atoms with E-state index in [1.54, 1.807) is 11.6 Å². The first-order valence-corrected chi connectivity index (χ1v) is 5.85. The molecule has 0 radical (unpaired) electrons. The molecule has 0 atom stereocenters. The number of nitro groups is 1. The second-order valence-corrected chi connectivity index (χ2v) is 5.16. The van der Waals surface area contributed by atoms with E-state index in [4.69, 9.17) is 0 Å². The molecule has 2 aromatic rings. The van der Waals surface area contributed by atoms with Crippen LogP contribution in [0, 0.1) is 10.1 Å². The molecule has 1 aliphatic carbocycles. The number of aromatic nitrogens is 2. The predicted octanol–water partition coefficient (Wildman–Crippen LogP) is 2.27. The third-order valence-electron chi connectivity index (χ3n) is 2.83. The Kier molecular flexibility index (Phi) is 1.76. The Morgan fingerprint density at radius 2 is 2.44 bits per heavy atom. The van der Waals surface area contributed by atoms with E-state index < -0.39 is 0 Å². The molecule has 16 heavy (non-hydrogen) atoms. The highest BCUT2D eigenvalue weighted by molar-refractivity contribution is 7.15. The van der Waals surface area contributed by atoms with Crippen molar-refractivity contribution in [1.82, 2.24) is 9.38 Å². The van der Waals surface area contributed by atoms with Gasteiger partial charge in [-0.05, 0) is 24.7 Å². The van der Waals surface area contributed by atoms with Crippen molar-refractivity contribution in [1.29, 1.82) is 0 Å². The smallest absolute Gasteiger partial charge is 0.358 e. The lowest BCUT2D eigenvalue weighted by Crippen LogP contribution is -2.17. The lowest BCUT2D eigenvalue weighted by Gasteiger charge is -2.09. The van der Waals surface area contributed by atoms with E-state index in [0.29, 0.717) is 10.8 Å². The van der Waals surface area contributed by atoms with Crippen molar-refractivity contribution in [3.8, 4) is 0 Å². The van der Waals surface area contributed by atoms with E-state index in [1.165, 1.54) is 15.7 Å². The Morgan fingerprint density at radius 1 is 1.69 bits per heavy atom. The highest BCUT2D eigenvalue weighted by Crippen LogP contribution is 2.40. The highest BCUT2D eigenvalue weighted by Gasteiger charge is 2.40. The van der Waals surface area contributed by atoms with Gasteiger partial charge in [-0.2, -0.15) is 9.38 Å². The predicted molar refractivity (Wildman–Crippen MR) is 61.0 cm³/mol. The number of anilines is 1. The zero-order valence-corrected chi connectivity index (χ0v) is 9.45. The quantitative estimate of drug-likeness (QED) is 0.657. The van der Waals surface area contributed by atoms with Gasteiger partial charge in [-0.25, -0.2) is 0 Å². The molecule has 3 rings (SSSR count). The molecule has 1 fully saturated rings. The molecule has 6 nitrogen and oxygen atoms in total. The fourth-order valence-corrected chi connectivity index (χ4v) is 2.34. The van der Waals surface area contributed by atoms with Crippen LogP contribution in [0.5, 0.6) is 0 Å². The van der Waals surface area contributed by atoms with Gasteiger partial charge in [-0.15, -0.1) is 0 Å². The Balaban J connectivity index is 2.11. The Labute approximate surface area is 95.1 Å².